The summed E-state index contributed by atoms with van der Waals surface area (Å²) in [6.07, 6.45) is -3.80. The van der Waals surface area contributed by atoms with Gasteiger partial charge in [0.15, 0.2) is 0 Å². The van der Waals surface area contributed by atoms with Gasteiger partial charge in [0.05, 0.1) is 23.4 Å². The predicted molar refractivity (Wildman–Crippen MR) is 111 cm³/mol. The Morgan fingerprint density at radius 2 is 1.81 bits per heavy atom. The SMILES string of the molecule is CCOc1ccc(CN2CCc3nc(-c4ccc(C(F)(F)F)cc4)[nH]c(=O)c3C2)cc1. The van der Waals surface area contributed by atoms with Crippen molar-refractivity contribution in [3.05, 3.63) is 81.3 Å². The molecule has 1 aliphatic rings. The van der Waals surface area contributed by atoms with E-state index in [0.717, 1.165) is 30.0 Å². The minimum Gasteiger partial charge on any atom is -0.494 e. The van der Waals surface area contributed by atoms with E-state index in [1.807, 2.05) is 31.2 Å². The lowest BCUT2D eigenvalue weighted by Crippen LogP contribution is -2.35. The van der Waals surface area contributed by atoms with Gasteiger partial charge in [-0.15, -0.1) is 0 Å². The summed E-state index contributed by atoms with van der Waals surface area (Å²) in [5.74, 6) is 1.11. The van der Waals surface area contributed by atoms with Gasteiger partial charge in [-0.05, 0) is 36.8 Å². The van der Waals surface area contributed by atoms with Gasteiger partial charge < -0.3 is 9.72 Å². The topological polar surface area (TPSA) is 58.2 Å². The standard InChI is InChI=1S/C23H22F3N3O2/c1-2-31-18-9-3-15(4-10-18)13-29-12-11-20-19(14-29)22(30)28-21(27-20)16-5-7-17(8-6-16)23(24,25)26/h3-10H,2,11-14H2,1H3,(H,27,28,30). The van der Waals surface area contributed by atoms with Gasteiger partial charge in [-0.2, -0.15) is 13.2 Å². The minimum atomic E-state index is -4.40. The smallest absolute Gasteiger partial charge is 0.416 e. The van der Waals surface area contributed by atoms with E-state index >= 15 is 0 Å². The highest BCUT2D eigenvalue weighted by Crippen LogP contribution is 2.30. The number of alkyl halides is 3. The molecular weight excluding hydrogens is 407 g/mol. The van der Waals surface area contributed by atoms with E-state index in [1.165, 1.54) is 12.1 Å². The minimum absolute atomic E-state index is 0.253. The second-order valence-corrected chi connectivity index (χ2v) is 7.45. The lowest BCUT2D eigenvalue weighted by Gasteiger charge is -2.27. The Balaban J connectivity index is 1.50. The van der Waals surface area contributed by atoms with Crippen LogP contribution in [0.1, 0.15) is 29.3 Å². The first-order chi connectivity index (χ1) is 14.8. The first-order valence-electron chi connectivity index (χ1n) is 10.1. The third kappa shape index (κ3) is 4.80. The number of nitrogens with zero attached hydrogens (tertiary/aromatic N) is 2. The average Bonchev–Trinajstić information content (AvgIpc) is 2.75. The van der Waals surface area contributed by atoms with Crippen molar-refractivity contribution in [2.75, 3.05) is 13.2 Å². The number of hydrogen-bond acceptors (Lipinski definition) is 4. The number of ether oxygens (including phenoxy) is 1. The first kappa shape index (κ1) is 21.1. The molecule has 0 fully saturated rings. The molecule has 0 unspecified atom stereocenters. The van der Waals surface area contributed by atoms with Crippen LogP contribution in [-0.2, 0) is 25.7 Å². The Bertz CT molecular complexity index is 1110. The number of aromatic nitrogens is 2. The molecule has 0 saturated carbocycles. The van der Waals surface area contributed by atoms with Crippen LogP contribution in [0.2, 0.25) is 0 Å². The number of halogens is 3. The highest BCUT2D eigenvalue weighted by Gasteiger charge is 2.30. The van der Waals surface area contributed by atoms with Gasteiger partial charge in [0.25, 0.3) is 5.56 Å². The van der Waals surface area contributed by atoms with Crippen LogP contribution in [-0.4, -0.2) is 28.0 Å². The van der Waals surface area contributed by atoms with Crippen molar-refractivity contribution < 1.29 is 17.9 Å². The van der Waals surface area contributed by atoms with Crippen molar-refractivity contribution in [2.45, 2.75) is 32.6 Å². The van der Waals surface area contributed by atoms with E-state index in [4.69, 9.17) is 4.74 Å². The molecule has 2 aromatic carbocycles. The fourth-order valence-corrected chi connectivity index (χ4v) is 3.69. The lowest BCUT2D eigenvalue weighted by molar-refractivity contribution is -0.137. The Morgan fingerprint density at radius 3 is 2.45 bits per heavy atom. The molecule has 3 aromatic rings. The molecule has 8 heteroatoms. The molecule has 0 radical (unpaired) electrons. The average molecular weight is 429 g/mol. The molecule has 1 aromatic heterocycles. The number of hydrogen-bond donors (Lipinski definition) is 1. The molecule has 2 heterocycles. The Labute approximate surface area is 177 Å². The number of fused-ring (bicyclic) bond motifs is 1. The van der Waals surface area contributed by atoms with Crippen molar-refractivity contribution >= 4 is 0 Å². The Hall–Kier alpha value is -3.13. The second-order valence-electron chi connectivity index (χ2n) is 7.45. The number of benzene rings is 2. The van der Waals surface area contributed by atoms with Gasteiger partial charge in [0.1, 0.15) is 11.6 Å². The first-order valence-corrected chi connectivity index (χ1v) is 10.1. The molecular formula is C23H22F3N3O2. The van der Waals surface area contributed by atoms with Crippen molar-refractivity contribution in [3.63, 3.8) is 0 Å². The van der Waals surface area contributed by atoms with Crippen LogP contribution in [0.5, 0.6) is 5.75 Å². The van der Waals surface area contributed by atoms with E-state index in [-0.39, 0.29) is 11.4 Å². The third-order valence-electron chi connectivity index (χ3n) is 5.27. The summed E-state index contributed by atoms with van der Waals surface area (Å²) in [4.78, 5) is 22.1. The maximum Gasteiger partial charge on any atom is 0.416 e. The van der Waals surface area contributed by atoms with Crippen molar-refractivity contribution in [2.24, 2.45) is 0 Å². The van der Waals surface area contributed by atoms with Gasteiger partial charge in [-0.25, -0.2) is 4.98 Å². The fourth-order valence-electron chi connectivity index (χ4n) is 3.69. The maximum atomic E-state index is 12.8. The van der Waals surface area contributed by atoms with E-state index in [2.05, 4.69) is 14.9 Å². The van der Waals surface area contributed by atoms with Crippen LogP contribution >= 0.6 is 0 Å². The summed E-state index contributed by atoms with van der Waals surface area (Å²) < 4.78 is 43.8. The quantitative estimate of drug-likeness (QED) is 0.653. The summed E-state index contributed by atoms with van der Waals surface area (Å²) in [6, 6.07) is 12.5. The summed E-state index contributed by atoms with van der Waals surface area (Å²) in [5, 5.41) is 0. The number of aromatic amines is 1. The van der Waals surface area contributed by atoms with Gasteiger partial charge >= 0.3 is 6.18 Å². The predicted octanol–water partition coefficient (Wildman–Crippen LogP) is 4.41. The molecule has 1 N–H and O–H groups in total. The van der Waals surface area contributed by atoms with Gasteiger partial charge in [-0.1, -0.05) is 24.3 Å². The lowest BCUT2D eigenvalue weighted by atomic mass is 10.0. The van der Waals surface area contributed by atoms with Crippen LogP contribution in [0.3, 0.4) is 0 Å². The highest BCUT2D eigenvalue weighted by atomic mass is 19.4. The zero-order valence-electron chi connectivity index (χ0n) is 17.0. The number of nitrogens with one attached hydrogen (secondary N) is 1. The zero-order chi connectivity index (χ0) is 22.0. The van der Waals surface area contributed by atoms with E-state index in [9.17, 15) is 18.0 Å². The zero-order valence-corrected chi connectivity index (χ0v) is 17.0. The molecule has 0 aliphatic carbocycles. The van der Waals surface area contributed by atoms with Crippen LogP contribution in [0.4, 0.5) is 13.2 Å². The molecule has 0 spiro atoms. The maximum absolute atomic E-state index is 12.8. The molecule has 0 saturated heterocycles. The highest BCUT2D eigenvalue weighted by molar-refractivity contribution is 5.56. The third-order valence-corrected chi connectivity index (χ3v) is 5.27. The Kier molecular flexibility index (Phi) is 5.82. The van der Waals surface area contributed by atoms with Crippen molar-refractivity contribution in [3.8, 4) is 17.1 Å². The normalized spacial score (nSPS) is 14.3. The van der Waals surface area contributed by atoms with Crippen LogP contribution in [0.15, 0.2) is 53.3 Å². The van der Waals surface area contributed by atoms with Crippen molar-refractivity contribution in [1.82, 2.24) is 14.9 Å². The van der Waals surface area contributed by atoms with Crippen LogP contribution < -0.4 is 10.3 Å². The summed E-state index contributed by atoms with van der Waals surface area (Å²) in [6.45, 7) is 4.47. The Morgan fingerprint density at radius 1 is 1.10 bits per heavy atom. The largest absolute Gasteiger partial charge is 0.494 e. The molecule has 31 heavy (non-hydrogen) atoms. The second kappa shape index (κ2) is 8.55. The van der Waals surface area contributed by atoms with Gasteiger partial charge in [-0.3, -0.25) is 9.69 Å². The monoisotopic (exact) mass is 429 g/mol. The molecule has 4 rings (SSSR count). The molecule has 1 aliphatic heterocycles. The molecule has 5 nitrogen and oxygen atoms in total. The van der Waals surface area contributed by atoms with E-state index in [1.54, 1.807) is 0 Å². The van der Waals surface area contributed by atoms with Crippen LogP contribution in [0, 0.1) is 0 Å². The summed E-state index contributed by atoms with van der Waals surface area (Å²) in [5.41, 5.74) is 1.88. The van der Waals surface area contributed by atoms with Gasteiger partial charge in [0.2, 0.25) is 0 Å². The summed E-state index contributed by atoms with van der Waals surface area (Å²) >= 11 is 0. The van der Waals surface area contributed by atoms with E-state index < -0.39 is 11.7 Å². The summed E-state index contributed by atoms with van der Waals surface area (Å²) in [7, 11) is 0. The number of H-pyrrole nitrogens is 1. The van der Waals surface area contributed by atoms with Crippen molar-refractivity contribution in [1.29, 1.82) is 0 Å². The molecule has 0 atom stereocenters. The van der Waals surface area contributed by atoms with Crippen LogP contribution in [0.25, 0.3) is 11.4 Å². The molecule has 162 valence electrons. The number of rotatable bonds is 5. The van der Waals surface area contributed by atoms with Gasteiger partial charge in [0, 0.05) is 31.6 Å². The molecule has 0 bridgehead atoms. The fraction of sp³-hybridized carbons (Fsp3) is 0.304. The van der Waals surface area contributed by atoms with E-state index in [0.29, 0.717) is 42.9 Å². The molecule has 0 amide bonds.